The van der Waals surface area contributed by atoms with Gasteiger partial charge in [-0.3, -0.25) is 0 Å². The van der Waals surface area contributed by atoms with Gasteiger partial charge in [-0.2, -0.15) is 0 Å². The summed E-state index contributed by atoms with van der Waals surface area (Å²) in [5.41, 5.74) is 3.12. The van der Waals surface area contributed by atoms with Crippen LogP contribution in [0.4, 0.5) is 0 Å². The summed E-state index contributed by atoms with van der Waals surface area (Å²) in [6.45, 7) is 2.53. The third-order valence-corrected chi connectivity index (χ3v) is 3.81. The molecule has 4 nitrogen and oxygen atoms in total. The average molecular weight is 303 g/mol. The zero-order valence-electron chi connectivity index (χ0n) is 11.5. The Labute approximate surface area is 126 Å². The molecule has 0 aliphatic heterocycles. The van der Waals surface area contributed by atoms with Gasteiger partial charge in [0.05, 0.1) is 23.0 Å². The number of hydrogen-bond donors (Lipinski definition) is 2. The van der Waals surface area contributed by atoms with Crippen molar-refractivity contribution in [3.8, 4) is 5.75 Å². The van der Waals surface area contributed by atoms with Crippen molar-refractivity contribution in [2.24, 2.45) is 0 Å². The van der Waals surface area contributed by atoms with Crippen LogP contribution in [0.1, 0.15) is 23.4 Å². The quantitative estimate of drug-likeness (QED) is 0.724. The van der Waals surface area contributed by atoms with Gasteiger partial charge in [0.1, 0.15) is 5.75 Å². The molecule has 0 saturated carbocycles. The number of para-hydroxylation sites is 1. The van der Waals surface area contributed by atoms with Gasteiger partial charge in [-0.15, -0.1) is 11.6 Å². The van der Waals surface area contributed by atoms with Crippen molar-refractivity contribution >= 4 is 22.6 Å². The molecule has 0 spiro atoms. The summed E-state index contributed by atoms with van der Waals surface area (Å²) in [4.78, 5) is 16.8. The molecule has 0 fully saturated rings. The van der Waals surface area contributed by atoms with Crippen molar-refractivity contribution < 1.29 is 4.74 Å². The zero-order chi connectivity index (χ0) is 14.8. The Hall–Kier alpha value is -2.20. The Morgan fingerprint density at radius 3 is 2.71 bits per heavy atom. The Morgan fingerprint density at radius 1 is 1.14 bits per heavy atom. The van der Waals surface area contributed by atoms with E-state index in [-0.39, 0.29) is 11.1 Å². The fourth-order valence-electron chi connectivity index (χ4n) is 2.36. The van der Waals surface area contributed by atoms with Crippen molar-refractivity contribution in [2.75, 3.05) is 6.61 Å². The number of ether oxygens (including phenoxy) is 1. The average Bonchev–Trinajstić information content (AvgIpc) is 2.86. The van der Waals surface area contributed by atoms with Crippen LogP contribution < -0.4 is 10.4 Å². The van der Waals surface area contributed by atoms with E-state index >= 15 is 0 Å². The molecule has 108 valence electrons. The summed E-state index contributed by atoms with van der Waals surface area (Å²) in [5.74, 6) is 0.780. The van der Waals surface area contributed by atoms with Gasteiger partial charge in [0.25, 0.3) is 0 Å². The summed E-state index contributed by atoms with van der Waals surface area (Å²) in [5, 5.41) is -0.337. The molecule has 2 aromatic carbocycles. The maximum Gasteiger partial charge on any atom is 0.323 e. The standard InChI is InChI=1S/C16H15ClN2O2/c1-2-21-14-6-4-3-5-11(14)15(17)10-7-8-12-13(9-10)19-16(20)18-12/h3-9,15H,2H2,1H3,(H2,18,19,20). The summed E-state index contributed by atoms with van der Waals surface area (Å²) < 4.78 is 5.62. The third kappa shape index (κ3) is 2.67. The summed E-state index contributed by atoms with van der Waals surface area (Å²) in [7, 11) is 0. The first-order chi connectivity index (χ1) is 10.2. The van der Waals surface area contributed by atoms with Crippen LogP contribution in [-0.4, -0.2) is 16.6 Å². The van der Waals surface area contributed by atoms with E-state index in [2.05, 4.69) is 9.97 Å². The lowest BCUT2D eigenvalue weighted by atomic mass is 10.0. The fraction of sp³-hybridized carbons (Fsp3) is 0.188. The molecule has 5 heteroatoms. The van der Waals surface area contributed by atoms with E-state index in [1.165, 1.54) is 0 Å². The van der Waals surface area contributed by atoms with Crippen LogP contribution >= 0.6 is 11.6 Å². The molecule has 0 bridgehead atoms. The molecule has 0 aliphatic rings. The van der Waals surface area contributed by atoms with Gasteiger partial charge in [-0.25, -0.2) is 4.79 Å². The molecular formula is C16H15ClN2O2. The van der Waals surface area contributed by atoms with Crippen LogP contribution in [0, 0.1) is 0 Å². The number of aromatic amines is 2. The van der Waals surface area contributed by atoms with E-state index in [4.69, 9.17) is 16.3 Å². The van der Waals surface area contributed by atoms with Crippen molar-refractivity contribution in [3.05, 3.63) is 64.1 Å². The van der Waals surface area contributed by atoms with Gasteiger partial charge >= 0.3 is 5.69 Å². The molecule has 1 atom stereocenters. The minimum Gasteiger partial charge on any atom is -0.494 e. The molecule has 0 amide bonds. The smallest absolute Gasteiger partial charge is 0.323 e. The summed E-state index contributed by atoms with van der Waals surface area (Å²) >= 11 is 6.60. The zero-order valence-corrected chi connectivity index (χ0v) is 12.3. The number of halogens is 1. The first-order valence-corrected chi connectivity index (χ1v) is 7.20. The van der Waals surface area contributed by atoms with Crippen LogP contribution in [0.15, 0.2) is 47.3 Å². The lowest BCUT2D eigenvalue weighted by molar-refractivity contribution is 0.337. The van der Waals surface area contributed by atoms with Gasteiger partial charge in [-0.05, 0) is 30.7 Å². The van der Waals surface area contributed by atoms with Crippen LogP contribution in [0.5, 0.6) is 5.75 Å². The number of hydrogen-bond acceptors (Lipinski definition) is 2. The molecule has 1 unspecified atom stereocenters. The number of H-pyrrole nitrogens is 2. The first-order valence-electron chi connectivity index (χ1n) is 6.76. The van der Waals surface area contributed by atoms with Gasteiger partial charge in [-0.1, -0.05) is 24.3 Å². The Morgan fingerprint density at radius 2 is 1.90 bits per heavy atom. The minimum absolute atomic E-state index is 0.219. The lowest BCUT2D eigenvalue weighted by Gasteiger charge is -2.15. The van der Waals surface area contributed by atoms with Crippen LogP contribution in [0.2, 0.25) is 0 Å². The third-order valence-electron chi connectivity index (χ3n) is 3.32. The van der Waals surface area contributed by atoms with E-state index in [0.29, 0.717) is 6.61 Å². The van der Waals surface area contributed by atoms with Gasteiger partial charge in [0.15, 0.2) is 0 Å². The number of alkyl halides is 1. The van der Waals surface area contributed by atoms with Gasteiger partial charge in [0.2, 0.25) is 0 Å². The van der Waals surface area contributed by atoms with Crippen molar-refractivity contribution in [3.63, 3.8) is 0 Å². The number of aromatic nitrogens is 2. The van der Waals surface area contributed by atoms with Crippen molar-refractivity contribution in [1.82, 2.24) is 9.97 Å². The number of imidazole rings is 1. The Bertz CT molecular complexity index is 822. The Kier molecular flexibility index (Phi) is 3.71. The minimum atomic E-state index is -0.337. The predicted molar refractivity (Wildman–Crippen MR) is 84.2 cm³/mol. The second-order valence-electron chi connectivity index (χ2n) is 4.72. The van der Waals surface area contributed by atoms with E-state index in [1.807, 2.05) is 49.4 Å². The normalized spacial score (nSPS) is 12.5. The van der Waals surface area contributed by atoms with E-state index < -0.39 is 0 Å². The molecule has 0 radical (unpaired) electrons. The fourth-order valence-corrected chi connectivity index (χ4v) is 2.68. The highest BCUT2D eigenvalue weighted by molar-refractivity contribution is 6.23. The van der Waals surface area contributed by atoms with Gasteiger partial charge in [0, 0.05) is 5.56 Å². The molecule has 0 saturated heterocycles. The monoisotopic (exact) mass is 302 g/mol. The number of nitrogens with one attached hydrogen (secondary N) is 2. The largest absolute Gasteiger partial charge is 0.494 e. The highest BCUT2D eigenvalue weighted by Crippen LogP contribution is 2.35. The molecule has 1 aromatic heterocycles. The van der Waals surface area contributed by atoms with Crippen molar-refractivity contribution in [2.45, 2.75) is 12.3 Å². The highest BCUT2D eigenvalue weighted by Gasteiger charge is 2.16. The summed E-state index contributed by atoms with van der Waals surface area (Å²) in [6, 6.07) is 13.4. The predicted octanol–water partition coefficient (Wildman–Crippen LogP) is 3.58. The maximum absolute atomic E-state index is 11.3. The van der Waals surface area contributed by atoms with E-state index in [9.17, 15) is 4.79 Å². The van der Waals surface area contributed by atoms with Crippen LogP contribution in [0.3, 0.4) is 0 Å². The highest BCUT2D eigenvalue weighted by atomic mass is 35.5. The topological polar surface area (TPSA) is 57.9 Å². The number of rotatable bonds is 4. The molecule has 3 rings (SSSR count). The van der Waals surface area contributed by atoms with E-state index in [1.54, 1.807) is 0 Å². The van der Waals surface area contributed by atoms with Gasteiger partial charge < -0.3 is 14.7 Å². The van der Waals surface area contributed by atoms with E-state index in [0.717, 1.165) is 27.9 Å². The molecule has 3 aromatic rings. The lowest BCUT2D eigenvalue weighted by Crippen LogP contribution is -2.00. The van der Waals surface area contributed by atoms with Crippen LogP contribution in [0.25, 0.3) is 11.0 Å². The number of benzene rings is 2. The molecule has 2 N–H and O–H groups in total. The second-order valence-corrected chi connectivity index (χ2v) is 5.15. The summed E-state index contributed by atoms with van der Waals surface area (Å²) in [6.07, 6.45) is 0. The first kappa shape index (κ1) is 13.8. The molecule has 1 heterocycles. The SMILES string of the molecule is CCOc1ccccc1C(Cl)c1ccc2[nH]c(=O)[nH]c2c1. The van der Waals surface area contributed by atoms with Crippen molar-refractivity contribution in [1.29, 1.82) is 0 Å². The maximum atomic E-state index is 11.3. The Balaban J connectivity index is 2.03. The molecule has 0 aliphatic carbocycles. The molecule has 21 heavy (non-hydrogen) atoms. The van der Waals surface area contributed by atoms with Crippen LogP contribution in [-0.2, 0) is 0 Å². The molecular weight excluding hydrogens is 288 g/mol. The number of fused-ring (bicyclic) bond motifs is 1. The second kappa shape index (κ2) is 5.66.